The molecule has 4 nitrogen and oxygen atoms in total. The van der Waals surface area contributed by atoms with E-state index in [-0.39, 0.29) is 12.2 Å². The van der Waals surface area contributed by atoms with Crippen molar-refractivity contribution in [2.75, 3.05) is 7.11 Å². The van der Waals surface area contributed by atoms with Crippen LogP contribution in [0.3, 0.4) is 0 Å². The van der Waals surface area contributed by atoms with Crippen molar-refractivity contribution in [3.63, 3.8) is 0 Å². The summed E-state index contributed by atoms with van der Waals surface area (Å²) < 4.78 is 11.0. The van der Waals surface area contributed by atoms with Gasteiger partial charge in [0.15, 0.2) is 0 Å². The summed E-state index contributed by atoms with van der Waals surface area (Å²) >= 11 is 0. The molecule has 0 radical (unpaired) electrons. The maximum absolute atomic E-state index is 11.2. The number of carbonyl (C=O) groups is 1. The second-order valence-corrected chi connectivity index (χ2v) is 4.91. The first-order valence-corrected chi connectivity index (χ1v) is 6.61. The Morgan fingerprint density at radius 1 is 1.05 bits per heavy atom. The van der Waals surface area contributed by atoms with Crippen LogP contribution >= 0.6 is 0 Å². The Hall–Kier alpha value is -2.49. The molecule has 2 rings (SSSR count). The standard InChI is InChI=1S/C17H18O4/c1-11-5-7-15(20-3)13(8-11)10-21-16-9-12(2)4-6-14(16)17(18)19/h4-9H,10H2,1-3H3,(H,18,19). The van der Waals surface area contributed by atoms with E-state index in [0.717, 1.165) is 22.4 Å². The van der Waals surface area contributed by atoms with Crippen LogP contribution in [-0.4, -0.2) is 18.2 Å². The number of rotatable bonds is 5. The molecule has 0 heterocycles. The third-order valence-corrected chi connectivity index (χ3v) is 3.19. The summed E-state index contributed by atoms with van der Waals surface area (Å²) in [5.74, 6) is 0.0948. The third-order valence-electron chi connectivity index (χ3n) is 3.19. The largest absolute Gasteiger partial charge is 0.496 e. The Bertz CT molecular complexity index is 662. The van der Waals surface area contributed by atoms with Gasteiger partial charge in [-0.15, -0.1) is 0 Å². The molecule has 0 atom stereocenters. The summed E-state index contributed by atoms with van der Waals surface area (Å²) in [5, 5.41) is 9.19. The van der Waals surface area contributed by atoms with Gasteiger partial charge in [0.1, 0.15) is 23.7 Å². The van der Waals surface area contributed by atoms with Crippen LogP contribution in [0.25, 0.3) is 0 Å². The van der Waals surface area contributed by atoms with Crippen molar-refractivity contribution in [3.05, 3.63) is 58.7 Å². The molecule has 0 amide bonds. The topological polar surface area (TPSA) is 55.8 Å². The number of carboxylic acids is 1. The molecular formula is C17H18O4. The third kappa shape index (κ3) is 3.54. The van der Waals surface area contributed by atoms with E-state index in [9.17, 15) is 9.90 Å². The minimum atomic E-state index is -0.999. The Labute approximate surface area is 123 Å². The van der Waals surface area contributed by atoms with Gasteiger partial charge >= 0.3 is 5.97 Å². The average molecular weight is 286 g/mol. The van der Waals surface area contributed by atoms with Crippen molar-refractivity contribution >= 4 is 5.97 Å². The number of benzene rings is 2. The molecule has 0 bridgehead atoms. The molecule has 2 aromatic rings. The van der Waals surface area contributed by atoms with Crippen LogP contribution in [0.1, 0.15) is 27.0 Å². The molecule has 0 aliphatic carbocycles. The quantitative estimate of drug-likeness (QED) is 0.912. The molecule has 0 aromatic heterocycles. The van der Waals surface area contributed by atoms with Gasteiger partial charge in [0.25, 0.3) is 0 Å². The van der Waals surface area contributed by atoms with E-state index < -0.39 is 5.97 Å². The predicted octanol–water partition coefficient (Wildman–Crippen LogP) is 3.59. The molecule has 0 saturated carbocycles. The Kier molecular flexibility index (Phi) is 4.48. The van der Waals surface area contributed by atoms with E-state index in [1.165, 1.54) is 0 Å². The van der Waals surface area contributed by atoms with E-state index in [0.29, 0.717) is 5.75 Å². The number of methoxy groups -OCH3 is 1. The van der Waals surface area contributed by atoms with Gasteiger partial charge in [-0.25, -0.2) is 4.79 Å². The van der Waals surface area contributed by atoms with Gasteiger partial charge < -0.3 is 14.6 Å². The monoisotopic (exact) mass is 286 g/mol. The number of ether oxygens (including phenoxy) is 2. The zero-order chi connectivity index (χ0) is 15.4. The lowest BCUT2D eigenvalue weighted by Gasteiger charge is -2.13. The fraction of sp³-hybridized carbons (Fsp3) is 0.235. The summed E-state index contributed by atoms with van der Waals surface area (Å²) in [6.45, 7) is 4.14. The molecule has 0 aliphatic rings. The van der Waals surface area contributed by atoms with Gasteiger partial charge in [-0.3, -0.25) is 0 Å². The maximum Gasteiger partial charge on any atom is 0.339 e. The first kappa shape index (κ1) is 14.9. The molecule has 4 heteroatoms. The highest BCUT2D eigenvalue weighted by atomic mass is 16.5. The Balaban J connectivity index is 2.26. The van der Waals surface area contributed by atoms with Crippen LogP contribution < -0.4 is 9.47 Å². The highest BCUT2D eigenvalue weighted by Gasteiger charge is 2.12. The van der Waals surface area contributed by atoms with E-state index in [1.54, 1.807) is 25.3 Å². The first-order valence-electron chi connectivity index (χ1n) is 6.61. The second kappa shape index (κ2) is 6.31. The van der Waals surface area contributed by atoms with Gasteiger partial charge in [-0.2, -0.15) is 0 Å². The van der Waals surface area contributed by atoms with Crippen LogP contribution in [0.2, 0.25) is 0 Å². The van der Waals surface area contributed by atoms with E-state index >= 15 is 0 Å². The zero-order valence-electron chi connectivity index (χ0n) is 12.3. The average Bonchev–Trinajstić information content (AvgIpc) is 2.45. The first-order chi connectivity index (χ1) is 10.0. The van der Waals surface area contributed by atoms with E-state index in [4.69, 9.17) is 9.47 Å². The van der Waals surface area contributed by atoms with Crippen LogP contribution in [0.15, 0.2) is 36.4 Å². The van der Waals surface area contributed by atoms with Gasteiger partial charge in [-0.05, 0) is 43.7 Å². The van der Waals surface area contributed by atoms with Gasteiger partial charge in [0, 0.05) is 5.56 Å². The smallest absolute Gasteiger partial charge is 0.339 e. The van der Waals surface area contributed by atoms with Crippen molar-refractivity contribution in [1.29, 1.82) is 0 Å². The molecule has 0 saturated heterocycles. The molecular weight excluding hydrogens is 268 g/mol. The molecule has 0 unspecified atom stereocenters. The van der Waals surface area contributed by atoms with E-state index in [1.807, 2.05) is 32.0 Å². The fourth-order valence-corrected chi connectivity index (χ4v) is 2.10. The van der Waals surface area contributed by atoms with Crippen molar-refractivity contribution in [3.8, 4) is 11.5 Å². The summed E-state index contributed by atoms with van der Waals surface area (Å²) in [5.41, 5.74) is 3.09. The molecule has 110 valence electrons. The van der Waals surface area contributed by atoms with Crippen molar-refractivity contribution < 1.29 is 19.4 Å². The molecule has 0 aliphatic heterocycles. The van der Waals surface area contributed by atoms with Gasteiger partial charge in [0.05, 0.1) is 7.11 Å². The zero-order valence-corrected chi connectivity index (χ0v) is 12.3. The van der Waals surface area contributed by atoms with Crippen molar-refractivity contribution in [2.24, 2.45) is 0 Å². The Morgan fingerprint density at radius 2 is 1.71 bits per heavy atom. The van der Waals surface area contributed by atoms with Crippen LogP contribution in [-0.2, 0) is 6.61 Å². The number of aromatic carboxylic acids is 1. The summed E-state index contributed by atoms with van der Waals surface area (Å²) in [4.78, 5) is 11.2. The minimum Gasteiger partial charge on any atom is -0.496 e. The SMILES string of the molecule is COc1ccc(C)cc1COc1cc(C)ccc1C(=O)O. The highest BCUT2D eigenvalue weighted by Crippen LogP contribution is 2.25. The van der Waals surface area contributed by atoms with Gasteiger partial charge in [-0.1, -0.05) is 17.7 Å². The van der Waals surface area contributed by atoms with E-state index in [2.05, 4.69) is 0 Å². The molecule has 0 fully saturated rings. The number of hydrogen-bond donors (Lipinski definition) is 1. The molecule has 2 aromatic carbocycles. The summed E-state index contributed by atoms with van der Waals surface area (Å²) in [6.07, 6.45) is 0. The molecule has 21 heavy (non-hydrogen) atoms. The normalized spacial score (nSPS) is 10.2. The maximum atomic E-state index is 11.2. The van der Waals surface area contributed by atoms with Crippen molar-refractivity contribution in [1.82, 2.24) is 0 Å². The lowest BCUT2D eigenvalue weighted by Crippen LogP contribution is -2.05. The Morgan fingerprint density at radius 3 is 2.38 bits per heavy atom. The summed E-state index contributed by atoms with van der Waals surface area (Å²) in [7, 11) is 1.60. The second-order valence-electron chi connectivity index (χ2n) is 4.91. The molecule has 1 N–H and O–H groups in total. The highest BCUT2D eigenvalue weighted by molar-refractivity contribution is 5.90. The van der Waals surface area contributed by atoms with Crippen molar-refractivity contribution in [2.45, 2.75) is 20.5 Å². The number of carboxylic acid groups (broad SMARTS) is 1. The minimum absolute atomic E-state index is 0.159. The summed E-state index contributed by atoms with van der Waals surface area (Å²) in [6, 6.07) is 10.8. The fourth-order valence-electron chi connectivity index (χ4n) is 2.10. The van der Waals surface area contributed by atoms with Crippen LogP contribution in [0, 0.1) is 13.8 Å². The predicted molar refractivity (Wildman–Crippen MR) is 80.2 cm³/mol. The number of aryl methyl sites for hydroxylation is 2. The van der Waals surface area contributed by atoms with Crippen LogP contribution in [0.4, 0.5) is 0 Å². The lowest BCUT2D eigenvalue weighted by atomic mass is 10.1. The van der Waals surface area contributed by atoms with Gasteiger partial charge in [0.2, 0.25) is 0 Å². The lowest BCUT2D eigenvalue weighted by molar-refractivity contribution is 0.0691. The number of hydrogen-bond acceptors (Lipinski definition) is 3. The molecule has 0 spiro atoms. The van der Waals surface area contributed by atoms with Crippen LogP contribution in [0.5, 0.6) is 11.5 Å².